The van der Waals surface area contributed by atoms with Gasteiger partial charge < -0.3 is 14.8 Å². The van der Waals surface area contributed by atoms with E-state index in [9.17, 15) is 8.78 Å². The van der Waals surface area contributed by atoms with Gasteiger partial charge in [0.25, 0.3) is 6.43 Å². The molecule has 0 radical (unpaired) electrons. The summed E-state index contributed by atoms with van der Waals surface area (Å²) in [4.78, 5) is 8.59. The molecule has 1 aromatic carbocycles. The van der Waals surface area contributed by atoms with E-state index in [0.29, 0.717) is 30.2 Å². The third-order valence-electron chi connectivity index (χ3n) is 6.04. The molecule has 184 valence electrons. The fraction of sp³-hybridized carbons (Fsp3) is 0.375. The van der Waals surface area contributed by atoms with Crippen molar-refractivity contribution >= 4 is 34.1 Å². The number of hydrogen-bond acceptors (Lipinski definition) is 6. The van der Waals surface area contributed by atoms with Crippen molar-refractivity contribution in [3.8, 4) is 17.0 Å². The smallest absolute Gasteiger partial charge is 0.295 e. The molecule has 4 heterocycles. The summed E-state index contributed by atoms with van der Waals surface area (Å²) in [6.07, 6.45) is 0.949. The number of benzene rings is 1. The van der Waals surface area contributed by atoms with Crippen molar-refractivity contribution < 1.29 is 18.3 Å². The first-order chi connectivity index (χ1) is 16.9. The van der Waals surface area contributed by atoms with Gasteiger partial charge in [-0.05, 0) is 43.9 Å². The number of methoxy groups -OCH3 is 1. The number of nitrogens with zero attached hydrogens (tertiary/aromatic N) is 5. The Labute approximate surface area is 205 Å². The molecule has 0 saturated carbocycles. The van der Waals surface area contributed by atoms with Gasteiger partial charge >= 0.3 is 0 Å². The van der Waals surface area contributed by atoms with Gasteiger partial charge in [0.05, 0.1) is 24.2 Å². The fourth-order valence-electron chi connectivity index (χ4n) is 4.49. The van der Waals surface area contributed by atoms with Crippen molar-refractivity contribution in [3.63, 3.8) is 0 Å². The average Bonchev–Trinajstić information content (AvgIpc) is 3.39. The first kappa shape index (κ1) is 23.5. The summed E-state index contributed by atoms with van der Waals surface area (Å²) in [6, 6.07) is 7.20. The molecule has 35 heavy (non-hydrogen) atoms. The molecule has 3 aromatic heterocycles. The van der Waals surface area contributed by atoms with Crippen molar-refractivity contribution in [2.24, 2.45) is 7.05 Å². The Hall–Kier alpha value is -3.24. The zero-order chi connectivity index (χ0) is 24.7. The molecule has 1 N–H and O–H groups in total. The van der Waals surface area contributed by atoms with Crippen molar-refractivity contribution in [3.05, 3.63) is 47.0 Å². The van der Waals surface area contributed by atoms with Crippen LogP contribution in [0.15, 0.2) is 30.5 Å². The second-order valence-electron chi connectivity index (χ2n) is 8.50. The highest BCUT2D eigenvalue weighted by molar-refractivity contribution is 6.30. The van der Waals surface area contributed by atoms with E-state index in [4.69, 9.17) is 21.1 Å². The standard InChI is InChI=1S/C24H25ClF2N6O2/c1-13-12-32(2)31-20(13)14-7-8-15(17(10-14)34-3)28-16-11-18(25)29-23-21(16)30-24(22(26)27)33(23)19-6-4-5-9-35-19/h7-8,10-12,19,22H,4-6,9H2,1-3H3,(H,28,29). The highest BCUT2D eigenvalue weighted by Gasteiger charge is 2.29. The minimum atomic E-state index is -2.79. The van der Waals surface area contributed by atoms with Crippen LogP contribution in [0, 0.1) is 6.92 Å². The molecule has 11 heteroatoms. The molecule has 0 amide bonds. The Morgan fingerprint density at radius 1 is 1.20 bits per heavy atom. The van der Waals surface area contributed by atoms with E-state index < -0.39 is 18.5 Å². The zero-order valence-electron chi connectivity index (χ0n) is 19.6. The summed E-state index contributed by atoms with van der Waals surface area (Å²) in [5.41, 5.74) is 4.37. The van der Waals surface area contributed by atoms with Gasteiger partial charge in [-0.2, -0.15) is 5.10 Å². The molecular weight excluding hydrogens is 478 g/mol. The maximum Gasteiger partial charge on any atom is 0.295 e. The van der Waals surface area contributed by atoms with Crippen molar-refractivity contribution in [1.82, 2.24) is 24.3 Å². The van der Waals surface area contributed by atoms with Crippen LogP contribution in [0.25, 0.3) is 22.4 Å². The molecule has 4 aromatic rings. The third-order valence-corrected chi connectivity index (χ3v) is 6.23. The minimum Gasteiger partial charge on any atom is -0.495 e. The van der Waals surface area contributed by atoms with E-state index in [1.54, 1.807) is 17.9 Å². The zero-order valence-corrected chi connectivity index (χ0v) is 20.3. The SMILES string of the molecule is COc1cc(-c2nn(C)cc2C)ccc1Nc1cc(Cl)nc2c1nc(C(F)F)n2C1CCCCO1. The lowest BCUT2D eigenvalue weighted by Gasteiger charge is -2.25. The second kappa shape index (κ2) is 9.43. The Morgan fingerprint density at radius 3 is 2.69 bits per heavy atom. The maximum atomic E-state index is 14.0. The van der Waals surface area contributed by atoms with Crippen LogP contribution in [0.1, 0.15) is 43.3 Å². The van der Waals surface area contributed by atoms with Crippen LogP contribution in [-0.2, 0) is 11.8 Å². The number of rotatable bonds is 6. The first-order valence-electron chi connectivity index (χ1n) is 11.3. The fourth-order valence-corrected chi connectivity index (χ4v) is 4.68. The van der Waals surface area contributed by atoms with Crippen molar-refractivity contribution in [2.75, 3.05) is 19.0 Å². The topological polar surface area (TPSA) is 79.0 Å². The molecule has 0 bridgehead atoms. The van der Waals surface area contributed by atoms with E-state index in [-0.39, 0.29) is 16.3 Å². The Balaban J connectivity index is 1.58. The second-order valence-corrected chi connectivity index (χ2v) is 8.89. The van der Waals surface area contributed by atoms with Gasteiger partial charge in [0.15, 0.2) is 11.5 Å². The Bertz CT molecular complexity index is 1380. The number of fused-ring (bicyclic) bond motifs is 1. The summed E-state index contributed by atoms with van der Waals surface area (Å²) >= 11 is 6.33. The van der Waals surface area contributed by atoms with Gasteiger partial charge in [-0.1, -0.05) is 17.7 Å². The summed E-state index contributed by atoms with van der Waals surface area (Å²) in [6.45, 7) is 2.49. The van der Waals surface area contributed by atoms with E-state index in [2.05, 4.69) is 20.4 Å². The molecule has 1 unspecified atom stereocenters. The van der Waals surface area contributed by atoms with Gasteiger partial charge in [-0.25, -0.2) is 18.7 Å². The number of halogens is 3. The normalized spacial score (nSPS) is 16.3. The van der Waals surface area contributed by atoms with Crippen LogP contribution < -0.4 is 10.1 Å². The third kappa shape index (κ3) is 4.43. The number of nitrogens with one attached hydrogen (secondary N) is 1. The number of anilines is 2. The lowest BCUT2D eigenvalue weighted by Crippen LogP contribution is -2.20. The molecule has 0 spiro atoms. The van der Waals surface area contributed by atoms with Crippen LogP contribution in [0.4, 0.5) is 20.2 Å². The Morgan fingerprint density at radius 2 is 2.03 bits per heavy atom. The lowest BCUT2D eigenvalue weighted by atomic mass is 10.1. The van der Waals surface area contributed by atoms with E-state index in [0.717, 1.165) is 29.7 Å². The van der Waals surface area contributed by atoms with Gasteiger partial charge in [-0.3, -0.25) is 9.25 Å². The van der Waals surface area contributed by atoms with Crippen LogP contribution in [0.2, 0.25) is 5.15 Å². The number of hydrogen-bond donors (Lipinski definition) is 1. The van der Waals surface area contributed by atoms with Crippen LogP contribution in [0.5, 0.6) is 5.75 Å². The minimum absolute atomic E-state index is 0.150. The highest BCUT2D eigenvalue weighted by Crippen LogP contribution is 2.38. The summed E-state index contributed by atoms with van der Waals surface area (Å²) in [5, 5.41) is 7.92. The first-order valence-corrected chi connectivity index (χ1v) is 11.7. The van der Waals surface area contributed by atoms with Crippen LogP contribution in [0.3, 0.4) is 0 Å². The molecule has 1 fully saturated rings. The van der Waals surface area contributed by atoms with E-state index in [1.807, 2.05) is 38.4 Å². The van der Waals surface area contributed by atoms with Gasteiger partial charge in [0, 0.05) is 31.5 Å². The number of ether oxygens (including phenoxy) is 2. The highest BCUT2D eigenvalue weighted by atomic mass is 35.5. The van der Waals surface area contributed by atoms with Crippen LogP contribution in [-0.4, -0.2) is 38.0 Å². The van der Waals surface area contributed by atoms with Crippen molar-refractivity contribution in [2.45, 2.75) is 38.8 Å². The van der Waals surface area contributed by atoms with Gasteiger partial charge in [0.2, 0.25) is 0 Å². The molecule has 0 aliphatic carbocycles. The van der Waals surface area contributed by atoms with Crippen molar-refractivity contribution in [1.29, 1.82) is 0 Å². The molecule has 1 aliphatic rings. The van der Waals surface area contributed by atoms with Gasteiger partial charge in [-0.15, -0.1) is 0 Å². The average molecular weight is 503 g/mol. The Kier molecular flexibility index (Phi) is 6.33. The maximum absolute atomic E-state index is 14.0. The largest absolute Gasteiger partial charge is 0.495 e. The monoisotopic (exact) mass is 502 g/mol. The van der Waals surface area contributed by atoms with Crippen LogP contribution >= 0.6 is 11.6 Å². The number of aryl methyl sites for hydroxylation is 2. The van der Waals surface area contributed by atoms with E-state index >= 15 is 0 Å². The summed E-state index contributed by atoms with van der Waals surface area (Å²) in [7, 11) is 3.43. The lowest BCUT2D eigenvalue weighted by molar-refractivity contribution is -0.0363. The predicted molar refractivity (Wildman–Crippen MR) is 130 cm³/mol. The molecular formula is C24H25ClF2N6O2. The molecule has 5 rings (SSSR count). The quantitative estimate of drug-likeness (QED) is 0.317. The number of alkyl halides is 2. The predicted octanol–water partition coefficient (Wildman–Crippen LogP) is 6.18. The molecule has 1 saturated heterocycles. The molecule has 1 atom stereocenters. The summed E-state index contributed by atoms with van der Waals surface area (Å²) in [5.74, 6) is 0.162. The molecule has 8 nitrogen and oxygen atoms in total. The summed E-state index contributed by atoms with van der Waals surface area (Å²) < 4.78 is 42.5. The number of aromatic nitrogens is 5. The van der Waals surface area contributed by atoms with E-state index in [1.165, 1.54) is 4.57 Å². The molecule has 1 aliphatic heterocycles. The number of imidazole rings is 1. The van der Waals surface area contributed by atoms with Gasteiger partial charge in [0.1, 0.15) is 22.6 Å². The number of pyridine rings is 1.